The molecule has 0 radical (unpaired) electrons. The predicted molar refractivity (Wildman–Crippen MR) is 129 cm³/mol. The molecule has 196 valence electrons. The lowest BCUT2D eigenvalue weighted by Gasteiger charge is -2.35. The topological polar surface area (TPSA) is 125 Å². The van der Waals surface area contributed by atoms with Crippen LogP contribution in [0.5, 0.6) is 0 Å². The number of piperazine rings is 1. The minimum Gasteiger partial charge on any atom is -0.334 e. The van der Waals surface area contributed by atoms with E-state index in [1.165, 1.54) is 22.6 Å². The average molecular weight is 531 g/mol. The third-order valence-corrected chi connectivity index (χ3v) is 8.79. The van der Waals surface area contributed by atoms with E-state index in [0.29, 0.717) is 44.7 Å². The molecule has 0 unspecified atom stereocenters. The normalized spacial score (nSPS) is 20.0. The molecule has 2 aromatic rings. The molecule has 2 amide bonds. The van der Waals surface area contributed by atoms with Crippen LogP contribution in [0.4, 0.5) is 4.39 Å². The SMILES string of the molecule is Cc1cnc(C(=O)N2CCN(C(=O)C3=CC4(CCN(S(=O)(=O)c5ccc(F)cc5)CC4)ON3)CC2)cn1. The van der Waals surface area contributed by atoms with Crippen molar-refractivity contribution in [3.63, 3.8) is 0 Å². The van der Waals surface area contributed by atoms with Crippen LogP contribution in [-0.2, 0) is 19.7 Å². The van der Waals surface area contributed by atoms with Crippen molar-refractivity contribution in [3.05, 3.63) is 65.6 Å². The van der Waals surface area contributed by atoms with Crippen molar-refractivity contribution in [2.24, 2.45) is 0 Å². The third-order valence-electron chi connectivity index (χ3n) is 6.88. The highest BCUT2D eigenvalue weighted by Crippen LogP contribution is 2.34. The number of hydrogen-bond acceptors (Lipinski definition) is 8. The molecule has 13 heteroatoms. The molecule has 3 aliphatic rings. The molecular weight excluding hydrogens is 503 g/mol. The first-order chi connectivity index (χ1) is 17.7. The van der Waals surface area contributed by atoms with Gasteiger partial charge in [-0.05, 0) is 50.1 Å². The molecule has 0 bridgehead atoms. The first-order valence-corrected chi connectivity index (χ1v) is 13.4. The number of amides is 2. The highest BCUT2D eigenvalue weighted by Gasteiger charge is 2.43. The van der Waals surface area contributed by atoms with Gasteiger partial charge in [-0.2, -0.15) is 4.31 Å². The number of nitrogens with one attached hydrogen (secondary N) is 1. The summed E-state index contributed by atoms with van der Waals surface area (Å²) in [5, 5.41) is 0. The molecule has 1 spiro atoms. The van der Waals surface area contributed by atoms with Crippen LogP contribution in [-0.4, -0.2) is 89.2 Å². The summed E-state index contributed by atoms with van der Waals surface area (Å²) in [4.78, 5) is 43.1. The maximum Gasteiger partial charge on any atom is 0.274 e. The van der Waals surface area contributed by atoms with Crippen LogP contribution in [0.3, 0.4) is 0 Å². The molecule has 5 rings (SSSR count). The van der Waals surface area contributed by atoms with Crippen LogP contribution >= 0.6 is 0 Å². The van der Waals surface area contributed by atoms with E-state index in [9.17, 15) is 22.4 Å². The summed E-state index contributed by atoms with van der Waals surface area (Å²) in [6, 6.07) is 4.74. The van der Waals surface area contributed by atoms with E-state index in [2.05, 4.69) is 15.4 Å². The van der Waals surface area contributed by atoms with Crippen molar-refractivity contribution in [1.29, 1.82) is 0 Å². The number of sulfonamides is 1. The van der Waals surface area contributed by atoms with Gasteiger partial charge in [0, 0.05) is 45.5 Å². The van der Waals surface area contributed by atoms with Crippen molar-refractivity contribution in [2.45, 2.75) is 30.3 Å². The Bertz CT molecular complexity index is 1320. The molecule has 1 aromatic carbocycles. The summed E-state index contributed by atoms with van der Waals surface area (Å²) >= 11 is 0. The lowest BCUT2D eigenvalue weighted by Crippen LogP contribution is -2.51. The van der Waals surface area contributed by atoms with Crippen molar-refractivity contribution < 1.29 is 27.2 Å². The second-order valence-corrected chi connectivity index (χ2v) is 11.3. The summed E-state index contributed by atoms with van der Waals surface area (Å²) in [5.74, 6) is -0.958. The Morgan fingerprint density at radius 3 is 2.16 bits per heavy atom. The van der Waals surface area contributed by atoms with Crippen LogP contribution in [0.1, 0.15) is 29.0 Å². The first kappa shape index (κ1) is 25.2. The lowest BCUT2D eigenvalue weighted by atomic mass is 9.92. The van der Waals surface area contributed by atoms with Gasteiger partial charge in [-0.3, -0.25) is 24.9 Å². The molecule has 0 atom stereocenters. The first-order valence-electron chi connectivity index (χ1n) is 12.0. The van der Waals surface area contributed by atoms with Crippen molar-refractivity contribution in [1.82, 2.24) is 29.6 Å². The maximum atomic E-state index is 13.2. The molecule has 0 aliphatic carbocycles. The van der Waals surface area contributed by atoms with Gasteiger partial charge < -0.3 is 9.80 Å². The molecule has 2 saturated heterocycles. The average Bonchev–Trinajstić information content (AvgIpc) is 3.32. The van der Waals surface area contributed by atoms with Gasteiger partial charge in [0.25, 0.3) is 11.8 Å². The number of hydrogen-bond donors (Lipinski definition) is 1. The van der Waals surface area contributed by atoms with Crippen LogP contribution < -0.4 is 5.48 Å². The summed E-state index contributed by atoms with van der Waals surface area (Å²) in [5.41, 5.74) is 3.25. The smallest absolute Gasteiger partial charge is 0.274 e. The number of carbonyl (C=O) groups excluding carboxylic acids is 2. The lowest BCUT2D eigenvalue weighted by molar-refractivity contribution is -0.131. The molecule has 3 aliphatic heterocycles. The van der Waals surface area contributed by atoms with Crippen LogP contribution in [0, 0.1) is 12.7 Å². The van der Waals surface area contributed by atoms with Crippen LogP contribution in [0.2, 0.25) is 0 Å². The monoisotopic (exact) mass is 530 g/mol. The van der Waals surface area contributed by atoms with E-state index in [1.807, 2.05) is 0 Å². The number of piperidine rings is 1. The number of carbonyl (C=O) groups is 2. The largest absolute Gasteiger partial charge is 0.334 e. The fourth-order valence-corrected chi connectivity index (χ4v) is 6.08. The Hall–Kier alpha value is -3.42. The van der Waals surface area contributed by atoms with Crippen LogP contribution in [0.25, 0.3) is 0 Å². The molecule has 4 heterocycles. The number of hydroxylamine groups is 1. The van der Waals surface area contributed by atoms with E-state index >= 15 is 0 Å². The molecule has 0 saturated carbocycles. The number of benzene rings is 1. The fraction of sp³-hybridized carbons (Fsp3) is 0.417. The van der Waals surface area contributed by atoms with E-state index in [0.717, 1.165) is 17.8 Å². The fourth-order valence-electron chi connectivity index (χ4n) is 4.64. The quantitative estimate of drug-likeness (QED) is 0.617. The molecular formula is C24H27FN6O5S. The second-order valence-electron chi connectivity index (χ2n) is 9.31. The van der Waals surface area contributed by atoms with E-state index < -0.39 is 21.4 Å². The number of halogens is 1. The third kappa shape index (κ3) is 5.06. The molecule has 11 nitrogen and oxygen atoms in total. The highest BCUT2D eigenvalue weighted by atomic mass is 32.2. The Balaban J connectivity index is 1.17. The van der Waals surface area contributed by atoms with Gasteiger partial charge in [0.15, 0.2) is 0 Å². The summed E-state index contributed by atoms with van der Waals surface area (Å²) < 4.78 is 40.3. The molecule has 1 N–H and O–H groups in total. The number of nitrogens with zero attached hydrogens (tertiary/aromatic N) is 5. The van der Waals surface area contributed by atoms with Crippen molar-refractivity contribution >= 4 is 21.8 Å². The van der Waals surface area contributed by atoms with Crippen LogP contribution in [0.15, 0.2) is 53.3 Å². The van der Waals surface area contributed by atoms with Gasteiger partial charge in [0.1, 0.15) is 22.8 Å². The Kier molecular flexibility index (Phi) is 6.68. The van der Waals surface area contributed by atoms with Crippen molar-refractivity contribution in [2.75, 3.05) is 39.3 Å². The number of aromatic nitrogens is 2. The Morgan fingerprint density at radius 1 is 0.946 bits per heavy atom. The Morgan fingerprint density at radius 2 is 1.57 bits per heavy atom. The van der Waals surface area contributed by atoms with Gasteiger partial charge in [0.2, 0.25) is 10.0 Å². The molecule has 1 aromatic heterocycles. The standard InChI is InChI=1S/C24H27FN6O5S/c1-17-15-27-21(16-26-17)23(33)30-12-10-29(11-13-30)22(32)20-14-24(36-28-20)6-8-31(9-7-24)37(34,35)19-4-2-18(25)3-5-19/h2-5,14-16,28H,6-13H2,1H3. The predicted octanol–water partition coefficient (Wildman–Crippen LogP) is 0.851. The minimum absolute atomic E-state index is 0.0359. The number of rotatable bonds is 4. The minimum atomic E-state index is -3.75. The van der Waals surface area contributed by atoms with E-state index in [-0.39, 0.29) is 35.5 Å². The number of aryl methyl sites for hydroxylation is 1. The second kappa shape index (κ2) is 9.80. The van der Waals surface area contributed by atoms with Gasteiger partial charge in [0.05, 0.1) is 16.8 Å². The maximum absolute atomic E-state index is 13.2. The summed E-state index contributed by atoms with van der Waals surface area (Å²) in [7, 11) is -3.75. The molecule has 37 heavy (non-hydrogen) atoms. The molecule has 2 fully saturated rings. The van der Waals surface area contributed by atoms with E-state index in [4.69, 9.17) is 4.84 Å². The van der Waals surface area contributed by atoms with Gasteiger partial charge >= 0.3 is 0 Å². The Labute approximate surface area is 213 Å². The zero-order valence-electron chi connectivity index (χ0n) is 20.3. The summed E-state index contributed by atoms with van der Waals surface area (Å²) in [6.45, 7) is 3.65. The van der Waals surface area contributed by atoms with Gasteiger partial charge in [-0.25, -0.2) is 17.8 Å². The van der Waals surface area contributed by atoms with E-state index in [1.54, 1.807) is 29.0 Å². The van der Waals surface area contributed by atoms with Crippen molar-refractivity contribution in [3.8, 4) is 0 Å². The van der Waals surface area contributed by atoms with Gasteiger partial charge in [-0.1, -0.05) is 0 Å². The highest BCUT2D eigenvalue weighted by molar-refractivity contribution is 7.89. The van der Waals surface area contributed by atoms with Gasteiger partial charge in [-0.15, -0.1) is 0 Å². The zero-order valence-corrected chi connectivity index (χ0v) is 21.1. The zero-order chi connectivity index (χ0) is 26.2. The summed E-state index contributed by atoms with van der Waals surface area (Å²) in [6.07, 6.45) is 5.45.